The van der Waals surface area contributed by atoms with E-state index in [1.54, 1.807) is 30.7 Å². The lowest BCUT2D eigenvalue weighted by Crippen LogP contribution is -2.27. The van der Waals surface area contributed by atoms with Gasteiger partial charge in [-0.2, -0.15) is 0 Å². The Morgan fingerprint density at radius 1 is 1.00 bits per heavy atom. The molecular weight excluding hydrogens is 398 g/mol. The van der Waals surface area contributed by atoms with Gasteiger partial charge < -0.3 is 4.57 Å². The molecule has 154 valence electrons. The van der Waals surface area contributed by atoms with Crippen LogP contribution < -0.4 is 4.72 Å². The summed E-state index contributed by atoms with van der Waals surface area (Å²) in [6, 6.07) is 14.5. The molecule has 30 heavy (non-hydrogen) atoms. The Kier molecular flexibility index (Phi) is 5.87. The van der Waals surface area contributed by atoms with Crippen molar-refractivity contribution in [3.05, 3.63) is 72.7 Å². The van der Waals surface area contributed by atoms with Crippen LogP contribution in [0.5, 0.6) is 0 Å². The quantitative estimate of drug-likeness (QED) is 0.471. The van der Waals surface area contributed by atoms with Gasteiger partial charge in [0.2, 0.25) is 10.0 Å². The predicted molar refractivity (Wildman–Crippen MR) is 116 cm³/mol. The van der Waals surface area contributed by atoms with E-state index in [1.165, 1.54) is 0 Å². The van der Waals surface area contributed by atoms with Gasteiger partial charge in [-0.15, -0.1) is 0 Å². The predicted octanol–water partition coefficient (Wildman–Crippen LogP) is 3.42. The van der Waals surface area contributed by atoms with Gasteiger partial charge in [-0.3, -0.25) is 4.98 Å². The van der Waals surface area contributed by atoms with Crippen molar-refractivity contribution < 1.29 is 8.42 Å². The fourth-order valence-corrected chi connectivity index (χ4v) is 4.41. The molecule has 0 atom stereocenters. The van der Waals surface area contributed by atoms with Crippen LogP contribution in [-0.4, -0.2) is 34.5 Å². The monoisotopic (exact) mass is 421 g/mol. The van der Waals surface area contributed by atoms with Gasteiger partial charge in [0.25, 0.3) is 0 Å². The Balaban J connectivity index is 1.55. The van der Waals surface area contributed by atoms with Gasteiger partial charge in [-0.05, 0) is 48.4 Å². The smallest absolute Gasteiger partial charge is 0.240 e. The first kappa shape index (κ1) is 20.2. The van der Waals surface area contributed by atoms with Crippen LogP contribution >= 0.6 is 0 Å². The van der Waals surface area contributed by atoms with Crippen LogP contribution in [0.15, 0.2) is 72.0 Å². The Morgan fingerprint density at radius 2 is 1.77 bits per heavy atom. The number of sulfonamides is 1. The van der Waals surface area contributed by atoms with Crippen molar-refractivity contribution >= 4 is 21.2 Å². The molecule has 1 aromatic carbocycles. The first-order valence-corrected chi connectivity index (χ1v) is 11.4. The van der Waals surface area contributed by atoms with Gasteiger partial charge in [0.1, 0.15) is 11.3 Å². The second kappa shape index (κ2) is 8.73. The van der Waals surface area contributed by atoms with E-state index in [2.05, 4.69) is 26.6 Å². The zero-order valence-corrected chi connectivity index (χ0v) is 17.5. The molecule has 7 nitrogen and oxygen atoms in total. The fraction of sp³-hybridized carbons (Fsp3) is 0.227. The van der Waals surface area contributed by atoms with Crippen molar-refractivity contribution in [3.8, 4) is 11.4 Å². The van der Waals surface area contributed by atoms with E-state index < -0.39 is 10.0 Å². The van der Waals surface area contributed by atoms with E-state index in [0.717, 1.165) is 35.3 Å². The normalized spacial score (nSPS) is 11.8. The van der Waals surface area contributed by atoms with Crippen molar-refractivity contribution in [2.45, 2.75) is 31.2 Å². The summed E-state index contributed by atoms with van der Waals surface area (Å²) in [5, 5.41) is 0. The molecule has 0 bridgehead atoms. The van der Waals surface area contributed by atoms with Crippen molar-refractivity contribution in [2.75, 3.05) is 6.54 Å². The summed E-state index contributed by atoms with van der Waals surface area (Å²) in [7, 11) is -3.59. The lowest BCUT2D eigenvalue weighted by molar-refractivity contribution is 0.574. The van der Waals surface area contributed by atoms with Gasteiger partial charge in [0.05, 0.1) is 4.90 Å². The molecule has 4 aromatic rings. The molecule has 0 saturated carbocycles. The Hall–Kier alpha value is -3.10. The molecule has 0 aliphatic carbocycles. The molecule has 3 heterocycles. The summed E-state index contributed by atoms with van der Waals surface area (Å²) in [6.45, 7) is 2.72. The summed E-state index contributed by atoms with van der Waals surface area (Å²) in [6.07, 6.45) is 7.08. The summed E-state index contributed by atoms with van der Waals surface area (Å²) in [5.41, 5.74) is 3.51. The minimum atomic E-state index is -3.59. The van der Waals surface area contributed by atoms with Crippen molar-refractivity contribution in [1.82, 2.24) is 24.2 Å². The fourth-order valence-electron chi connectivity index (χ4n) is 3.39. The molecule has 0 aliphatic heterocycles. The van der Waals surface area contributed by atoms with Crippen LogP contribution in [0.1, 0.15) is 18.9 Å². The highest BCUT2D eigenvalue weighted by Gasteiger charge is 2.16. The van der Waals surface area contributed by atoms with Crippen molar-refractivity contribution in [1.29, 1.82) is 0 Å². The lowest BCUT2D eigenvalue weighted by Gasteiger charge is -2.11. The molecule has 0 aliphatic rings. The number of rotatable bonds is 8. The maximum Gasteiger partial charge on any atom is 0.240 e. The molecule has 3 aromatic heterocycles. The minimum Gasteiger partial charge on any atom is -0.307 e. The molecule has 1 N–H and O–H groups in total. The number of hydrogen-bond donors (Lipinski definition) is 1. The van der Waals surface area contributed by atoms with E-state index >= 15 is 0 Å². The van der Waals surface area contributed by atoms with Gasteiger partial charge in [0.15, 0.2) is 5.65 Å². The number of nitrogens with zero attached hydrogens (tertiary/aromatic N) is 4. The Labute approximate surface area is 175 Å². The second-order valence-corrected chi connectivity index (χ2v) is 8.73. The zero-order valence-electron chi connectivity index (χ0n) is 16.7. The molecule has 0 spiro atoms. The molecule has 0 saturated heterocycles. The number of pyridine rings is 2. The van der Waals surface area contributed by atoms with Crippen molar-refractivity contribution in [3.63, 3.8) is 0 Å². The maximum absolute atomic E-state index is 12.7. The van der Waals surface area contributed by atoms with Crippen LogP contribution in [-0.2, 0) is 23.0 Å². The van der Waals surface area contributed by atoms with Gasteiger partial charge in [-0.25, -0.2) is 23.1 Å². The number of fused-ring (bicyclic) bond motifs is 1. The van der Waals surface area contributed by atoms with Crippen LogP contribution in [0.25, 0.3) is 22.6 Å². The SMILES string of the molecule is CCCc1ccc(S(=O)(=O)NCCn2c(-c3ccncc3)nc3cccnc32)cc1. The first-order valence-electron chi connectivity index (χ1n) is 9.89. The van der Waals surface area contributed by atoms with Crippen LogP contribution in [0, 0.1) is 0 Å². The third-order valence-corrected chi connectivity index (χ3v) is 6.32. The van der Waals surface area contributed by atoms with Crippen molar-refractivity contribution in [2.24, 2.45) is 0 Å². The van der Waals surface area contributed by atoms with E-state index in [9.17, 15) is 8.42 Å². The topological polar surface area (TPSA) is 89.8 Å². The largest absolute Gasteiger partial charge is 0.307 e. The lowest BCUT2D eigenvalue weighted by atomic mass is 10.1. The van der Waals surface area contributed by atoms with Gasteiger partial charge in [0, 0.05) is 37.2 Å². The summed E-state index contributed by atoms with van der Waals surface area (Å²) in [5.74, 6) is 0.731. The standard InChI is InChI=1S/C22H23N5O2S/c1-2-4-17-6-8-19(9-7-17)30(28,29)25-15-16-27-21(18-10-13-23-14-11-18)26-20-5-3-12-24-22(20)27/h3,5-14,25H,2,4,15-16H2,1H3. The van der Waals surface area contributed by atoms with Gasteiger partial charge in [-0.1, -0.05) is 25.5 Å². The third kappa shape index (κ3) is 4.24. The zero-order chi connectivity index (χ0) is 21.0. The summed E-state index contributed by atoms with van der Waals surface area (Å²) in [4.78, 5) is 13.4. The number of hydrogen-bond acceptors (Lipinski definition) is 5. The van der Waals surface area contributed by atoms with Crippen LogP contribution in [0.3, 0.4) is 0 Å². The molecule has 0 radical (unpaired) electrons. The van der Waals surface area contributed by atoms with E-state index in [1.807, 2.05) is 41.0 Å². The number of benzene rings is 1. The summed E-state index contributed by atoms with van der Waals surface area (Å²) >= 11 is 0. The molecular formula is C22H23N5O2S. The average molecular weight is 422 g/mol. The number of aryl methyl sites for hydroxylation is 1. The van der Waals surface area contributed by atoms with E-state index in [4.69, 9.17) is 0 Å². The van der Waals surface area contributed by atoms with Gasteiger partial charge >= 0.3 is 0 Å². The number of nitrogens with one attached hydrogen (secondary N) is 1. The number of imidazole rings is 1. The molecule has 4 rings (SSSR count). The maximum atomic E-state index is 12.7. The second-order valence-electron chi connectivity index (χ2n) is 6.96. The highest BCUT2D eigenvalue weighted by atomic mass is 32.2. The van der Waals surface area contributed by atoms with Crippen LogP contribution in [0.4, 0.5) is 0 Å². The van der Waals surface area contributed by atoms with Crippen LogP contribution in [0.2, 0.25) is 0 Å². The third-order valence-electron chi connectivity index (χ3n) is 4.84. The Morgan fingerprint density at radius 3 is 2.50 bits per heavy atom. The first-order chi connectivity index (χ1) is 14.6. The average Bonchev–Trinajstić information content (AvgIpc) is 3.14. The molecule has 8 heteroatoms. The minimum absolute atomic E-state index is 0.221. The number of aromatic nitrogens is 4. The highest BCUT2D eigenvalue weighted by molar-refractivity contribution is 7.89. The Bertz CT molecular complexity index is 1240. The highest BCUT2D eigenvalue weighted by Crippen LogP contribution is 2.23. The molecule has 0 amide bonds. The van der Waals surface area contributed by atoms with E-state index in [0.29, 0.717) is 12.2 Å². The van der Waals surface area contributed by atoms with E-state index in [-0.39, 0.29) is 11.4 Å². The summed E-state index contributed by atoms with van der Waals surface area (Å²) < 4.78 is 30.0. The molecule has 0 unspecified atom stereocenters. The molecule has 0 fully saturated rings.